The molecule has 2 aromatic carbocycles. The summed E-state index contributed by atoms with van der Waals surface area (Å²) in [4.78, 5) is 4.73. The molecule has 1 aliphatic heterocycles. The molecule has 1 fully saturated rings. The number of nitrogens with zero attached hydrogens (tertiary/aromatic N) is 2. The summed E-state index contributed by atoms with van der Waals surface area (Å²) >= 11 is 0. The van der Waals surface area contributed by atoms with Crippen LogP contribution in [0.2, 0.25) is 0 Å². The quantitative estimate of drug-likeness (QED) is 0.688. The van der Waals surface area contributed by atoms with E-state index < -0.39 is 10.0 Å². The van der Waals surface area contributed by atoms with Crippen LogP contribution in [0.5, 0.6) is 0 Å². The second-order valence-corrected chi connectivity index (χ2v) is 8.79. The third-order valence-electron chi connectivity index (χ3n) is 5.09. The molecule has 1 saturated heterocycles. The number of aromatic nitrogens is 1. The van der Waals surface area contributed by atoms with Gasteiger partial charge >= 0.3 is 0 Å². The number of rotatable bonds is 3. The van der Waals surface area contributed by atoms with Gasteiger partial charge in [-0.3, -0.25) is 4.98 Å². The molecule has 1 aliphatic rings. The molecular weight excluding hydrogens is 344 g/mol. The van der Waals surface area contributed by atoms with E-state index in [4.69, 9.17) is 0 Å². The third-order valence-corrected chi connectivity index (χ3v) is 7.02. The van der Waals surface area contributed by atoms with Crippen molar-refractivity contribution in [1.82, 2.24) is 9.29 Å². The molecule has 5 heteroatoms. The van der Waals surface area contributed by atoms with Crippen molar-refractivity contribution in [1.29, 1.82) is 0 Å². The fraction of sp³-hybridized carbons (Fsp3) is 0.286. The number of benzene rings is 2. The Balaban J connectivity index is 1.74. The standard InChI is InChI=1S/C21H22N2O2S/c1-16-7-10-19(11-8-16)26(24,25)23-14-3-2-6-21(23)18-9-12-20-17(15-18)5-4-13-22-20/h4-5,7-13,15,21H,2-3,6,14H2,1H3. The molecule has 0 amide bonds. The predicted octanol–water partition coefficient (Wildman–Crippen LogP) is 4.46. The van der Waals surface area contributed by atoms with E-state index in [0.717, 1.165) is 41.3 Å². The molecule has 3 aromatic rings. The summed E-state index contributed by atoms with van der Waals surface area (Å²) < 4.78 is 28.2. The average Bonchev–Trinajstić information content (AvgIpc) is 2.68. The zero-order valence-electron chi connectivity index (χ0n) is 14.8. The Hall–Kier alpha value is -2.24. The van der Waals surface area contributed by atoms with Crippen molar-refractivity contribution < 1.29 is 8.42 Å². The maximum absolute atomic E-state index is 13.3. The van der Waals surface area contributed by atoms with Gasteiger partial charge in [-0.2, -0.15) is 4.31 Å². The molecular formula is C21H22N2O2S. The number of hydrogen-bond donors (Lipinski definition) is 0. The minimum Gasteiger partial charge on any atom is -0.256 e. The van der Waals surface area contributed by atoms with Crippen molar-refractivity contribution in [3.05, 3.63) is 71.9 Å². The first-order chi connectivity index (χ1) is 12.6. The van der Waals surface area contributed by atoms with Crippen LogP contribution in [-0.2, 0) is 10.0 Å². The highest BCUT2D eigenvalue weighted by Crippen LogP contribution is 2.36. The molecule has 0 spiro atoms. The second-order valence-electron chi connectivity index (χ2n) is 6.90. The molecule has 1 unspecified atom stereocenters. The lowest BCUT2D eigenvalue weighted by Crippen LogP contribution is -2.38. The number of hydrogen-bond acceptors (Lipinski definition) is 3. The number of piperidine rings is 1. The highest BCUT2D eigenvalue weighted by Gasteiger charge is 2.34. The van der Waals surface area contributed by atoms with E-state index in [0.29, 0.717) is 11.4 Å². The summed E-state index contributed by atoms with van der Waals surface area (Å²) in [6.45, 7) is 2.52. The molecule has 4 rings (SSSR count). The molecule has 1 atom stereocenters. The van der Waals surface area contributed by atoms with Crippen molar-refractivity contribution in [3.63, 3.8) is 0 Å². The first-order valence-electron chi connectivity index (χ1n) is 8.99. The van der Waals surface area contributed by atoms with Gasteiger partial charge in [-0.05, 0) is 55.7 Å². The minimum absolute atomic E-state index is 0.125. The summed E-state index contributed by atoms with van der Waals surface area (Å²) in [5, 5.41) is 1.04. The Morgan fingerprint density at radius 3 is 2.65 bits per heavy atom. The number of fused-ring (bicyclic) bond motifs is 1. The van der Waals surface area contributed by atoms with Crippen molar-refractivity contribution in [2.75, 3.05) is 6.54 Å². The Morgan fingerprint density at radius 1 is 1.04 bits per heavy atom. The molecule has 0 radical (unpaired) electrons. The van der Waals surface area contributed by atoms with Gasteiger partial charge in [0.05, 0.1) is 16.5 Å². The summed E-state index contributed by atoms with van der Waals surface area (Å²) in [5.41, 5.74) is 3.03. The SMILES string of the molecule is Cc1ccc(S(=O)(=O)N2CCCCC2c2ccc3ncccc3c2)cc1. The normalized spacial score (nSPS) is 18.9. The number of aryl methyl sites for hydroxylation is 1. The molecule has 4 nitrogen and oxygen atoms in total. The molecule has 1 aromatic heterocycles. The fourth-order valence-electron chi connectivity index (χ4n) is 3.67. The molecule has 0 saturated carbocycles. The van der Waals surface area contributed by atoms with Crippen LogP contribution in [0, 0.1) is 6.92 Å². The molecule has 0 N–H and O–H groups in total. The van der Waals surface area contributed by atoms with E-state index in [2.05, 4.69) is 11.1 Å². The van der Waals surface area contributed by atoms with Crippen LogP contribution in [0.25, 0.3) is 10.9 Å². The highest BCUT2D eigenvalue weighted by atomic mass is 32.2. The molecule has 0 bridgehead atoms. The van der Waals surface area contributed by atoms with E-state index in [9.17, 15) is 8.42 Å². The minimum atomic E-state index is -3.51. The lowest BCUT2D eigenvalue weighted by atomic mass is 9.96. The molecule has 134 valence electrons. The van der Waals surface area contributed by atoms with Crippen LogP contribution in [0.15, 0.2) is 65.7 Å². The van der Waals surface area contributed by atoms with Crippen LogP contribution >= 0.6 is 0 Å². The summed E-state index contributed by atoms with van der Waals surface area (Å²) in [7, 11) is -3.51. The van der Waals surface area contributed by atoms with Crippen molar-refractivity contribution in [2.24, 2.45) is 0 Å². The van der Waals surface area contributed by atoms with Crippen molar-refractivity contribution in [2.45, 2.75) is 37.1 Å². The van der Waals surface area contributed by atoms with Crippen LogP contribution in [0.1, 0.15) is 36.4 Å². The Morgan fingerprint density at radius 2 is 1.85 bits per heavy atom. The van der Waals surface area contributed by atoms with Crippen LogP contribution < -0.4 is 0 Å². The smallest absolute Gasteiger partial charge is 0.243 e. The largest absolute Gasteiger partial charge is 0.256 e. The molecule has 0 aliphatic carbocycles. The zero-order chi connectivity index (χ0) is 18.1. The van der Waals surface area contributed by atoms with E-state index >= 15 is 0 Å². The van der Waals surface area contributed by atoms with E-state index in [-0.39, 0.29) is 6.04 Å². The maximum Gasteiger partial charge on any atom is 0.243 e. The van der Waals surface area contributed by atoms with Gasteiger partial charge in [-0.1, -0.05) is 36.2 Å². The van der Waals surface area contributed by atoms with Crippen LogP contribution in [0.3, 0.4) is 0 Å². The monoisotopic (exact) mass is 366 g/mol. The first-order valence-corrected chi connectivity index (χ1v) is 10.4. The predicted molar refractivity (Wildman–Crippen MR) is 103 cm³/mol. The third kappa shape index (κ3) is 3.13. The number of pyridine rings is 1. The van der Waals surface area contributed by atoms with Gasteiger partial charge in [0.15, 0.2) is 0 Å². The Labute approximate surface area is 154 Å². The summed E-state index contributed by atoms with van der Waals surface area (Å²) in [6, 6.07) is 17.0. The van der Waals surface area contributed by atoms with E-state index in [1.807, 2.05) is 43.3 Å². The van der Waals surface area contributed by atoms with E-state index in [1.54, 1.807) is 22.6 Å². The Bertz CT molecular complexity index is 1030. The average molecular weight is 366 g/mol. The van der Waals surface area contributed by atoms with Gasteiger partial charge in [-0.15, -0.1) is 0 Å². The van der Waals surface area contributed by atoms with Gasteiger partial charge < -0.3 is 0 Å². The zero-order valence-corrected chi connectivity index (χ0v) is 15.6. The fourth-order valence-corrected chi connectivity index (χ4v) is 5.36. The van der Waals surface area contributed by atoms with Gasteiger partial charge in [0.2, 0.25) is 10.0 Å². The summed E-state index contributed by atoms with van der Waals surface area (Å²) in [6.07, 6.45) is 4.56. The van der Waals surface area contributed by atoms with Crippen LogP contribution in [-0.4, -0.2) is 24.3 Å². The van der Waals surface area contributed by atoms with Gasteiger partial charge in [0.1, 0.15) is 0 Å². The molecule has 26 heavy (non-hydrogen) atoms. The topological polar surface area (TPSA) is 50.3 Å². The van der Waals surface area contributed by atoms with Gasteiger partial charge in [-0.25, -0.2) is 8.42 Å². The highest BCUT2D eigenvalue weighted by molar-refractivity contribution is 7.89. The van der Waals surface area contributed by atoms with Crippen molar-refractivity contribution >= 4 is 20.9 Å². The van der Waals surface area contributed by atoms with Gasteiger partial charge in [0.25, 0.3) is 0 Å². The van der Waals surface area contributed by atoms with Crippen LogP contribution in [0.4, 0.5) is 0 Å². The lowest BCUT2D eigenvalue weighted by Gasteiger charge is -2.35. The van der Waals surface area contributed by atoms with Crippen molar-refractivity contribution in [3.8, 4) is 0 Å². The van der Waals surface area contributed by atoms with E-state index in [1.165, 1.54) is 0 Å². The van der Waals surface area contributed by atoms with Gasteiger partial charge in [0, 0.05) is 18.1 Å². The first kappa shape index (κ1) is 17.2. The second kappa shape index (κ2) is 6.82. The Kier molecular flexibility index (Phi) is 4.51. The lowest BCUT2D eigenvalue weighted by molar-refractivity contribution is 0.256. The summed E-state index contributed by atoms with van der Waals surface area (Å²) in [5.74, 6) is 0. The molecule has 2 heterocycles. The number of sulfonamides is 1. The maximum atomic E-state index is 13.3.